The molecule has 0 bridgehead atoms. The number of ether oxygens (including phenoxy) is 1. The average molecular weight is 533 g/mol. The minimum absolute atomic E-state index is 0.0708. The second-order valence-corrected chi connectivity index (χ2v) is 13.2. The molecule has 198 valence electrons. The summed E-state index contributed by atoms with van der Waals surface area (Å²) in [6.07, 6.45) is 4.14. The molecule has 2 aliphatic rings. The van der Waals surface area contributed by atoms with E-state index in [1.54, 1.807) is 24.4 Å². The maximum Gasteiger partial charge on any atom is 0.268 e. The van der Waals surface area contributed by atoms with Gasteiger partial charge in [-0.2, -0.15) is 5.10 Å². The standard InChI is InChI=1S/C26H30F2N4O4S/c1-26(2,3)37(34,35)30-25(33)21-13-29-32-9-8-19(12-23(21)32)31-14-18(28)11-22(31)20-10-17(27)6-7-24(20)36-15-16-4-5-16/h6-10,12-13,16,18,22H,4-5,11,14-15H2,1-3H3,(H,30,33)/t18-,22+/m0/s1. The Hall–Kier alpha value is -3.21. The normalized spacial score (nSPS) is 20.4. The van der Waals surface area contributed by atoms with E-state index in [1.807, 2.05) is 4.90 Å². The van der Waals surface area contributed by atoms with E-state index in [0.29, 0.717) is 35.0 Å². The van der Waals surface area contributed by atoms with Crippen molar-refractivity contribution in [2.75, 3.05) is 18.1 Å². The number of aromatic nitrogens is 2. The van der Waals surface area contributed by atoms with E-state index < -0.39 is 38.7 Å². The Bertz CT molecular complexity index is 1450. The summed E-state index contributed by atoms with van der Waals surface area (Å²) in [6, 6.07) is 7.25. The number of amides is 1. The molecular formula is C26H30F2N4O4S. The summed E-state index contributed by atoms with van der Waals surface area (Å²) in [5.41, 5.74) is 1.61. The van der Waals surface area contributed by atoms with Crippen LogP contribution in [0, 0.1) is 11.7 Å². The van der Waals surface area contributed by atoms with Crippen molar-refractivity contribution >= 4 is 27.1 Å². The fraction of sp³-hybridized carbons (Fsp3) is 0.462. The van der Waals surface area contributed by atoms with E-state index in [0.717, 1.165) is 12.8 Å². The Labute approximate surface area is 214 Å². The van der Waals surface area contributed by atoms with Crippen molar-refractivity contribution < 1.29 is 26.7 Å². The van der Waals surface area contributed by atoms with Crippen molar-refractivity contribution in [3.63, 3.8) is 0 Å². The third kappa shape index (κ3) is 5.14. The van der Waals surface area contributed by atoms with Gasteiger partial charge in [0.2, 0.25) is 10.0 Å². The average Bonchev–Trinajstić information content (AvgIpc) is 3.42. The minimum atomic E-state index is -3.93. The summed E-state index contributed by atoms with van der Waals surface area (Å²) < 4.78 is 62.5. The number of nitrogens with zero attached hydrogens (tertiary/aromatic N) is 3. The molecule has 3 aromatic rings. The summed E-state index contributed by atoms with van der Waals surface area (Å²) in [7, 11) is -3.93. The molecule has 1 saturated heterocycles. The molecule has 1 aliphatic carbocycles. The van der Waals surface area contributed by atoms with Crippen LogP contribution in [0.5, 0.6) is 5.75 Å². The molecule has 5 rings (SSSR count). The first-order valence-electron chi connectivity index (χ1n) is 12.3. The van der Waals surface area contributed by atoms with Crippen molar-refractivity contribution in [3.8, 4) is 5.75 Å². The van der Waals surface area contributed by atoms with Crippen LogP contribution in [-0.2, 0) is 10.0 Å². The van der Waals surface area contributed by atoms with Gasteiger partial charge < -0.3 is 9.64 Å². The fourth-order valence-corrected chi connectivity index (χ4v) is 5.08. The summed E-state index contributed by atoms with van der Waals surface area (Å²) in [5, 5.41) is 4.16. The van der Waals surface area contributed by atoms with Gasteiger partial charge in [-0.05, 0) is 69.9 Å². The van der Waals surface area contributed by atoms with Gasteiger partial charge in [0.25, 0.3) is 5.91 Å². The molecule has 1 aromatic carbocycles. The van der Waals surface area contributed by atoms with Crippen LogP contribution < -0.4 is 14.4 Å². The third-order valence-electron chi connectivity index (χ3n) is 6.87. The van der Waals surface area contributed by atoms with Gasteiger partial charge in [0.1, 0.15) is 17.7 Å². The number of carbonyl (C=O) groups is 1. The highest BCUT2D eigenvalue weighted by molar-refractivity contribution is 7.91. The molecule has 2 fully saturated rings. The largest absolute Gasteiger partial charge is 0.493 e. The van der Waals surface area contributed by atoms with Gasteiger partial charge >= 0.3 is 0 Å². The van der Waals surface area contributed by atoms with Gasteiger partial charge in [-0.3, -0.25) is 4.79 Å². The molecule has 2 aromatic heterocycles. The lowest BCUT2D eigenvalue weighted by molar-refractivity contribution is 0.0982. The number of hydrogen-bond acceptors (Lipinski definition) is 6. The van der Waals surface area contributed by atoms with Crippen molar-refractivity contribution in [1.29, 1.82) is 0 Å². The van der Waals surface area contributed by atoms with Crippen molar-refractivity contribution in [2.45, 2.75) is 57.0 Å². The van der Waals surface area contributed by atoms with Gasteiger partial charge in [0.05, 0.1) is 34.7 Å². The number of nitrogens with one attached hydrogen (secondary N) is 1. The summed E-state index contributed by atoms with van der Waals surface area (Å²) in [4.78, 5) is 14.7. The lowest BCUT2D eigenvalue weighted by Gasteiger charge is -2.28. The third-order valence-corrected chi connectivity index (χ3v) is 8.93. The van der Waals surface area contributed by atoms with Crippen LogP contribution in [0.2, 0.25) is 0 Å². The van der Waals surface area contributed by atoms with Gasteiger partial charge in [-0.25, -0.2) is 26.4 Å². The number of hydrogen-bond donors (Lipinski definition) is 1. The molecule has 3 heterocycles. The zero-order valence-corrected chi connectivity index (χ0v) is 21.8. The molecule has 8 nitrogen and oxygen atoms in total. The zero-order chi connectivity index (χ0) is 26.5. The molecule has 0 radical (unpaired) electrons. The Kier molecular flexibility index (Phi) is 6.37. The van der Waals surface area contributed by atoms with E-state index in [1.165, 1.54) is 43.6 Å². The van der Waals surface area contributed by atoms with Crippen molar-refractivity contribution in [2.24, 2.45) is 5.92 Å². The highest BCUT2D eigenvalue weighted by atomic mass is 32.2. The number of anilines is 1. The summed E-state index contributed by atoms with van der Waals surface area (Å²) in [6.45, 7) is 5.10. The molecule has 2 atom stereocenters. The zero-order valence-electron chi connectivity index (χ0n) is 20.9. The maximum absolute atomic E-state index is 14.8. The highest BCUT2D eigenvalue weighted by Crippen LogP contribution is 2.42. The lowest BCUT2D eigenvalue weighted by atomic mass is 10.0. The summed E-state index contributed by atoms with van der Waals surface area (Å²) >= 11 is 0. The van der Waals surface area contributed by atoms with Crippen LogP contribution >= 0.6 is 0 Å². The fourth-order valence-electron chi connectivity index (χ4n) is 4.42. The second kappa shape index (κ2) is 9.27. The van der Waals surface area contributed by atoms with E-state index in [2.05, 4.69) is 9.82 Å². The molecule has 11 heteroatoms. The van der Waals surface area contributed by atoms with E-state index >= 15 is 0 Å². The van der Waals surface area contributed by atoms with Gasteiger partial charge in [-0.1, -0.05) is 0 Å². The SMILES string of the molecule is CC(C)(C)S(=O)(=O)NC(=O)c1cnn2ccc(N3C[C@@H](F)C[C@@H]3c3cc(F)ccc3OCC3CC3)cc12. The molecule has 0 unspecified atom stereocenters. The molecule has 1 saturated carbocycles. The molecule has 37 heavy (non-hydrogen) atoms. The number of fused-ring (bicyclic) bond motifs is 1. The van der Waals surface area contributed by atoms with Crippen molar-refractivity contribution in [3.05, 3.63) is 59.7 Å². The Balaban J connectivity index is 1.48. The minimum Gasteiger partial charge on any atom is -0.493 e. The number of alkyl halides is 1. The van der Waals surface area contributed by atoms with Crippen LogP contribution in [0.1, 0.15) is 62.0 Å². The van der Waals surface area contributed by atoms with E-state index in [4.69, 9.17) is 4.74 Å². The first-order valence-corrected chi connectivity index (χ1v) is 13.8. The molecule has 1 amide bonds. The molecule has 1 aliphatic heterocycles. The smallest absolute Gasteiger partial charge is 0.268 e. The molecular weight excluding hydrogens is 502 g/mol. The first-order chi connectivity index (χ1) is 17.4. The van der Waals surface area contributed by atoms with Crippen LogP contribution in [0.4, 0.5) is 14.5 Å². The number of rotatable bonds is 7. The van der Waals surface area contributed by atoms with Crippen LogP contribution in [-0.4, -0.2) is 48.0 Å². The van der Waals surface area contributed by atoms with Gasteiger partial charge in [0, 0.05) is 30.4 Å². The summed E-state index contributed by atoms with van der Waals surface area (Å²) in [5.74, 6) is -0.191. The number of carbonyl (C=O) groups excluding carboxylic acids is 1. The Morgan fingerprint density at radius 2 is 1.97 bits per heavy atom. The topological polar surface area (TPSA) is 93.0 Å². The number of pyridine rings is 1. The number of halogens is 2. The maximum atomic E-state index is 14.8. The predicted octanol–water partition coefficient (Wildman–Crippen LogP) is 4.41. The Morgan fingerprint density at radius 3 is 2.68 bits per heavy atom. The highest BCUT2D eigenvalue weighted by Gasteiger charge is 2.36. The van der Waals surface area contributed by atoms with E-state index in [-0.39, 0.29) is 18.5 Å². The van der Waals surface area contributed by atoms with Gasteiger partial charge in [-0.15, -0.1) is 0 Å². The predicted molar refractivity (Wildman–Crippen MR) is 136 cm³/mol. The molecule has 0 spiro atoms. The van der Waals surface area contributed by atoms with Crippen LogP contribution in [0.3, 0.4) is 0 Å². The quantitative estimate of drug-likeness (QED) is 0.485. The monoisotopic (exact) mass is 532 g/mol. The molecule has 1 N–H and O–H groups in total. The van der Waals surface area contributed by atoms with E-state index in [9.17, 15) is 22.0 Å². The van der Waals surface area contributed by atoms with Crippen LogP contribution in [0.15, 0.2) is 42.7 Å². The number of benzene rings is 1. The van der Waals surface area contributed by atoms with Crippen molar-refractivity contribution in [1.82, 2.24) is 14.3 Å². The first kappa shape index (κ1) is 25.4. The lowest BCUT2D eigenvalue weighted by Crippen LogP contribution is -2.42. The van der Waals surface area contributed by atoms with Crippen LogP contribution in [0.25, 0.3) is 5.52 Å². The number of sulfonamides is 1. The second-order valence-electron chi connectivity index (χ2n) is 10.8. The Morgan fingerprint density at radius 1 is 1.22 bits per heavy atom. The van der Waals surface area contributed by atoms with Gasteiger partial charge in [0.15, 0.2) is 0 Å².